The summed E-state index contributed by atoms with van der Waals surface area (Å²) in [7, 11) is 0. The molecule has 31 heavy (non-hydrogen) atoms. The smallest absolute Gasteiger partial charge is 0.308 e. The molecule has 1 saturated heterocycles. The van der Waals surface area contributed by atoms with Gasteiger partial charge >= 0.3 is 5.97 Å². The molecule has 2 rings (SSSR count). The number of benzene rings is 1. The quantitative estimate of drug-likeness (QED) is 0.339. The van der Waals surface area contributed by atoms with Crippen molar-refractivity contribution in [3.05, 3.63) is 29.8 Å². The first-order chi connectivity index (χ1) is 14.8. The lowest BCUT2D eigenvalue weighted by atomic mass is 10.1. The molecule has 1 aromatic carbocycles. The Balaban J connectivity index is 1.95. The standard InChI is InChI=1S/C22H31N3O5S/c1-4-5-6-13-29-17-9-7-16(8-10-17)20(27)24-22(31)25-12-11-23-21(28)18(25)14-19(26)30-15(2)3/h7-10,15,18H,4-6,11-14H2,1-3H3,(H,23,28)(H,24,27,31). The minimum absolute atomic E-state index is 0.0992. The average molecular weight is 450 g/mol. The number of nitrogens with zero attached hydrogens (tertiary/aromatic N) is 1. The van der Waals surface area contributed by atoms with Crippen LogP contribution in [0.25, 0.3) is 0 Å². The Labute approximate surface area is 188 Å². The molecule has 9 heteroatoms. The third-order valence-electron chi connectivity index (χ3n) is 4.67. The van der Waals surface area contributed by atoms with E-state index < -0.39 is 17.9 Å². The summed E-state index contributed by atoms with van der Waals surface area (Å²) < 4.78 is 10.8. The van der Waals surface area contributed by atoms with Gasteiger partial charge in [0.2, 0.25) is 5.91 Å². The van der Waals surface area contributed by atoms with Crippen LogP contribution in [0.15, 0.2) is 24.3 Å². The van der Waals surface area contributed by atoms with E-state index in [2.05, 4.69) is 17.6 Å². The molecule has 1 aliphatic heterocycles. The molecule has 0 bridgehead atoms. The van der Waals surface area contributed by atoms with Gasteiger partial charge in [0.15, 0.2) is 5.11 Å². The second kappa shape index (κ2) is 12.2. The number of unbranched alkanes of at least 4 members (excludes halogenated alkanes) is 2. The first-order valence-corrected chi connectivity index (χ1v) is 11.0. The topological polar surface area (TPSA) is 97.0 Å². The molecule has 1 aliphatic rings. The van der Waals surface area contributed by atoms with E-state index in [9.17, 15) is 14.4 Å². The SMILES string of the molecule is CCCCCOc1ccc(C(=O)NC(=S)N2CCNC(=O)C2CC(=O)OC(C)C)cc1. The van der Waals surface area contributed by atoms with Crippen LogP contribution in [-0.4, -0.2) is 59.6 Å². The highest BCUT2D eigenvalue weighted by atomic mass is 32.1. The zero-order valence-electron chi connectivity index (χ0n) is 18.3. The van der Waals surface area contributed by atoms with Gasteiger partial charge in [-0.05, 0) is 56.8 Å². The molecule has 1 fully saturated rings. The number of amides is 2. The Hall–Kier alpha value is -2.68. The van der Waals surface area contributed by atoms with E-state index in [0.717, 1.165) is 19.3 Å². The number of hydrogen-bond acceptors (Lipinski definition) is 6. The normalized spacial score (nSPS) is 15.9. The maximum Gasteiger partial charge on any atom is 0.308 e. The third-order valence-corrected chi connectivity index (χ3v) is 5.01. The van der Waals surface area contributed by atoms with Crippen molar-refractivity contribution >= 4 is 35.1 Å². The number of thiocarbonyl (C=S) groups is 1. The molecule has 8 nitrogen and oxygen atoms in total. The number of ether oxygens (including phenoxy) is 2. The summed E-state index contributed by atoms with van der Waals surface area (Å²) in [5.41, 5.74) is 0.417. The summed E-state index contributed by atoms with van der Waals surface area (Å²) in [6.45, 7) is 7.00. The number of carbonyl (C=O) groups excluding carboxylic acids is 3. The van der Waals surface area contributed by atoms with Gasteiger partial charge in [0.05, 0.1) is 19.1 Å². The fourth-order valence-corrected chi connectivity index (χ4v) is 3.43. The van der Waals surface area contributed by atoms with E-state index in [1.807, 2.05) is 0 Å². The molecule has 1 unspecified atom stereocenters. The molecular formula is C22H31N3O5S. The Morgan fingerprint density at radius 3 is 2.61 bits per heavy atom. The molecule has 1 heterocycles. The van der Waals surface area contributed by atoms with Crippen LogP contribution in [0.5, 0.6) is 5.75 Å². The zero-order valence-corrected chi connectivity index (χ0v) is 19.1. The van der Waals surface area contributed by atoms with E-state index in [0.29, 0.717) is 31.0 Å². The van der Waals surface area contributed by atoms with E-state index in [-0.39, 0.29) is 23.5 Å². The maximum absolute atomic E-state index is 12.6. The van der Waals surface area contributed by atoms with Crippen molar-refractivity contribution in [3.63, 3.8) is 0 Å². The van der Waals surface area contributed by atoms with Crippen LogP contribution in [0.3, 0.4) is 0 Å². The van der Waals surface area contributed by atoms with E-state index in [4.69, 9.17) is 21.7 Å². The summed E-state index contributed by atoms with van der Waals surface area (Å²) >= 11 is 5.37. The highest BCUT2D eigenvalue weighted by Gasteiger charge is 2.34. The minimum atomic E-state index is -0.827. The number of esters is 1. The number of piperazine rings is 1. The highest BCUT2D eigenvalue weighted by Crippen LogP contribution is 2.14. The number of rotatable bonds is 9. The molecule has 0 saturated carbocycles. The van der Waals surface area contributed by atoms with Crippen LogP contribution in [-0.2, 0) is 14.3 Å². The van der Waals surface area contributed by atoms with Crippen LogP contribution in [0, 0.1) is 0 Å². The molecule has 0 aliphatic carbocycles. The number of carbonyl (C=O) groups is 3. The van der Waals surface area contributed by atoms with Crippen LogP contribution in [0.2, 0.25) is 0 Å². The molecule has 2 N–H and O–H groups in total. The second-order valence-electron chi connectivity index (χ2n) is 7.58. The summed E-state index contributed by atoms with van der Waals surface area (Å²) in [5, 5.41) is 5.47. The number of hydrogen-bond donors (Lipinski definition) is 2. The first kappa shape index (κ1) is 24.6. The average Bonchev–Trinajstić information content (AvgIpc) is 2.72. The van der Waals surface area contributed by atoms with Crippen molar-refractivity contribution in [2.45, 2.75) is 58.6 Å². The van der Waals surface area contributed by atoms with Gasteiger partial charge in [0.25, 0.3) is 5.91 Å². The lowest BCUT2D eigenvalue weighted by Crippen LogP contribution is -2.60. The Morgan fingerprint density at radius 2 is 1.97 bits per heavy atom. The van der Waals surface area contributed by atoms with Gasteiger partial charge in [-0.1, -0.05) is 19.8 Å². The maximum atomic E-state index is 12.6. The highest BCUT2D eigenvalue weighted by molar-refractivity contribution is 7.80. The summed E-state index contributed by atoms with van der Waals surface area (Å²) in [6, 6.07) is 5.97. The van der Waals surface area contributed by atoms with Crippen molar-refractivity contribution in [2.24, 2.45) is 0 Å². The van der Waals surface area contributed by atoms with Crippen LogP contribution < -0.4 is 15.4 Å². The van der Waals surface area contributed by atoms with Gasteiger partial charge in [-0.25, -0.2) is 0 Å². The van der Waals surface area contributed by atoms with E-state index in [1.165, 1.54) is 0 Å². The lowest BCUT2D eigenvalue weighted by molar-refractivity contribution is -0.150. The van der Waals surface area contributed by atoms with Gasteiger partial charge in [0, 0.05) is 18.7 Å². The molecular weight excluding hydrogens is 418 g/mol. The van der Waals surface area contributed by atoms with Crippen molar-refractivity contribution in [1.29, 1.82) is 0 Å². The molecule has 1 aromatic rings. The first-order valence-electron chi connectivity index (χ1n) is 10.6. The Bertz CT molecular complexity index is 782. The van der Waals surface area contributed by atoms with Gasteiger partial charge in [-0.2, -0.15) is 0 Å². The van der Waals surface area contributed by atoms with Crippen molar-refractivity contribution in [3.8, 4) is 5.75 Å². The van der Waals surface area contributed by atoms with E-state index in [1.54, 1.807) is 43.0 Å². The molecule has 0 spiro atoms. The fraction of sp³-hybridized carbons (Fsp3) is 0.545. The number of nitrogens with one attached hydrogen (secondary N) is 2. The Kier molecular flexibility index (Phi) is 9.71. The molecule has 1 atom stereocenters. The Morgan fingerprint density at radius 1 is 1.26 bits per heavy atom. The lowest BCUT2D eigenvalue weighted by Gasteiger charge is -2.36. The fourth-order valence-electron chi connectivity index (χ4n) is 3.12. The molecule has 0 aromatic heterocycles. The van der Waals surface area contributed by atoms with Crippen molar-refractivity contribution in [1.82, 2.24) is 15.5 Å². The predicted octanol–water partition coefficient (Wildman–Crippen LogP) is 2.41. The largest absolute Gasteiger partial charge is 0.494 e. The van der Waals surface area contributed by atoms with Gasteiger partial charge < -0.3 is 19.7 Å². The second-order valence-corrected chi connectivity index (χ2v) is 7.97. The van der Waals surface area contributed by atoms with Gasteiger partial charge in [-0.3, -0.25) is 19.7 Å². The van der Waals surface area contributed by atoms with Crippen molar-refractivity contribution < 1.29 is 23.9 Å². The van der Waals surface area contributed by atoms with Crippen LogP contribution >= 0.6 is 12.2 Å². The molecule has 170 valence electrons. The summed E-state index contributed by atoms with van der Waals surface area (Å²) in [5.74, 6) is -0.512. The van der Waals surface area contributed by atoms with E-state index >= 15 is 0 Å². The van der Waals surface area contributed by atoms with Crippen LogP contribution in [0.4, 0.5) is 0 Å². The monoisotopic (exact) mass is 449 g/mol. The van der Waals surface area contributed by atoms with Crippen LogP contribution in [0.1, 0.15) is 56.8 Å². The molecule has 0 radical (unpaired) electrons. The molecule has 2 amide bonds. The van der Waals surface area contributed by atoms with Crippen molar-refractivity contribution in [2.75, 3.05) is 19.7 Å². The minimum Gasteiger partial charge on any atom is -0.494 e. The third kappa shape index (κ3) is 7.82. The summed E-state index contributed by atoms with van der Waals surface area (Å²) in [4.78, 5) is 38.5. The van der Waals surface area contributed by atoms with Gasteiger partial charge in [-0.15, -0.1) is 0 Å². The zero-order chi connectivity index (χ0) is 22.8. The summed E-state index contributed by atoms with van der Waals surface area (Å²) in [6.07, 6.45) is 2.80. The van der Waals surface area contributed by atoms with Gasteiger partial charge in [0.1, 0.15) is 11.8 Å². The predicted molar refractivity (Wildman–Crippen MR) is 121 cm³/mol.